The summed E-state index contributed by atoms with van der Waals surface area (Å²) in [6, 6.07) is 13.3. The topological polar surface area (TPSA) is 75.3 Å². The van der Waals surface area contributed by atoms with Crippen molar-refractivity contribution < 1.29 is 9.90 Å². The van der Waals surface area contributed by atoms with E-state index in [0.717, 1.165) is 28.1 Å². The molecule has 0 spiro atoms. The monoisotopic (exact) mass is 296 g/mol. The van der Waals surface area contributed by atoms with Crippen LogP contribution in [0.1, 0.15) is 16.7 Å². The molecule has 0 radical (unpaired) electrons. The van der Waals surface area contributed by atoms with Gasteiger partial charge in [0, 0.05) is 24.0 Å². The molecular formula is C18H20N2O2. The summed E-state index contributed by atoms with van der Waals surface area (Å²) >= 11 is 0. The number of benzene rings is 2. The van der Waals surface area contributed by atoms with Crippen molar-refractivity contribution in [3.05, 3.63) is 70.9 Å². The smallest absolute Gasteiger partial charge is 0.333 e. The summed E-state index contributed by atoms with van der Waals surface area (Å²) in [6.45, 7) is 3.86. The van der Waals surface area contributed by atoms with Gasteiger partial charge >= 0.3 is 5.97 Å². The molecule has 22 heavy (non-hydrogen) atoms. The van der Waals surface area contributed by atoms with Crippen LogP contribution < -0.4 is 11.1 Å². The lowest BCUT2D eigenvalue weighted by Gasteiger charge is -2.10. The van der Waals surface area contributed by atoms with Gasteiger partial charge in [-0.25, -0.2) is 4.79 Å². The van der Waals surface area contributed by atoms with Crippen LogP contribution >= 0.6 is 0 Å². The Morgan fingerprint density at radius 2 is 1.77 bits per heavy atom. The minimum atomic E-state index is -0.935. The maximum atomic E-state index is 11.4. The van der Waals surface area contributed by atoms with Crippen molar-refractivity contribution in [2.24, 2.45) is 0 Å². The Hall–Kier alpha value is -2.75. The van der Waals surface area contributed by atoms with E-state index in [0.29, 0.717) is 12.0 Å². The highest BCUT2D eigenvalue weighted by molar-refractivity contribution is 5.87. The number of nitrogen functional groups attached to an aromatic ring is 1. The number of carboxylic acid groups (broad SMARTS) is 1. The van der Waals surface area contributed by atoms with Crippen LogP contribution in [0.2, 0.25) is 0 Å². The molecule has 0 saturated heterocycles. The molecule has 4 heteroatoms. The van der Waals surface area contributed by atoms with E-state index in [4.69, 9.17) is 5.73 Å². The van der Waals surface area contributed by atoms with Crippen LogP contribution in [0.15, 0.2) is 54.2 Å². The molecule has 2 aromatic carbocycles. The maximum Gasteiger partial charge on any atom is 0.333 e. The van der Waals surface area contributed by atoms with Crippen molar-refractivity contribution in [1.82, 2.24) is 0 Å². The number of anilines is 2. The first-order chi connectivity index (χ1) is 10.5. The summed E-state index contributed by atoms with van der Waals surface area (Å²) in [4.78, 5) is 11.4. The van der Waals surface area contributed by atoms with Crippen molar-refractivity contribution in [3.63, 3.8) is 0 Å². The average Bonchev–Trinajstić information content (AvgIpc) is 2.49. The van der Waals surface area contributed by atoms with E-state index >= 15 is 0 Å². The molecule has 4 nitrogen and oxygen atoms in total. The third-order valence-electron chi connectivity index (χ3n) is 3.51. The number of hydrogen-bond acceptors (Lipinski definition) is 3. The molecule has 0 heterocycles. The van der Waals surface area contributed by atoms with Crippen LogP contribution in [-0.2, 0) is 11.2 Å². The zero-order chi connectivity index (χ0) is 16.1. The number of aliphatic carboxylic acids is 1. The fraction of sp³-hybridized carbons (Fsp3) is 0.167. The molecule has 0 bridgehead atoms. The van der Waals surface area contributed by atoms with Crippen LogP contribution in [0.5, 0.6) is 0 Å². The number of para-hydroxylation sites is 1. The third kappa shape index (κ3) is 3.88. The minimum Gasteiger partial charge on any atom is -0.478 e. The fourth-order valence-electron chi connectivity index (χ4n) is 2.28. The first-order valence-corrected chi connectivity index (χ1v) is 7.07. The fourth-order valence-corrected chi connectivity index (χ4v) is 2.28. The number of carboxylic acids is 1. The van der Waals surface area contributed by atoms with Crippen molar-refractivity contribution in [2.75, 3.05) is 11.1 Å². The van der Waals surface area contributed by atoms with Gasteiger partial charge in [-0.05, 0) is 42.7 Å². The van der Waals surface area contributed by atoms with Crippen molar-refractivity contribution in [3.8, 4) is 0 Å². The Labute approximate surface area is 130 Å². The van der Waals surface area contributed by atoms with Gasteiger partial charge in [0.25, 0.3) is 0 Å². The molecule has 0 amide bonds. The van der Waals surface area contributed by atoms with E-state index in [9.17, 15) is 9.90 Å². The normalized spacial score (nSPS) is 11.3. The van der Waals surface area contributed by atoms with E-state index < -0.39 is 5.97 Å². The predicted molar refractivity (Wildman–Crippen MR) is 89.8 cm³/mol. The van der Waals surface area contributed by atoms with Crippen LogP contribution in [0.4, 0.5) is 11.4 Å². The quantitative estimate of drug-likeness (QED) is 0.583. The third-order valence-corrected chi connectivity index (χ3v) is 3.51. The molecule has 114 valence electrons. The van der Waals surface area contributed by atoms with Crippen LogP contribution in [0, 0.1) is 13.8 Å². The van der Waals surface area contributed by atoms with E-state index in [-0.39, 0.29) is 0 Å². The van der Waals surface area contributed by atoms with Gasteiger partial charge in [-0.1, -0.05) is 30.3 Å². The highest BCUT2D eigenvalue weighted by atomic mass is 16.4. The van der Waals surface area contributed by atoms with Crippen molar-refractivity contribution in [1.29, 1.82) is 0 Å². The van der Waals surface area contributed by atoms with Crippen LogP contribution in [0.3, 0.4) is 0 Å². The number of hydrogen-bond donors (Lipinski definition) is 3. The lowest BCUT2D eigenvalue weighted by Crippen LogP contribution is -2.07. The Morgan fingerprint density at radius 3 is 2.32 bits per heavy atom. The number of nitrogens with one attached hydrogen (secondary N) is 1. The Kier molecular flexibility index (Phi) is 4.84. The molecule has 2 aromatic rings. The number of carbonyl (C=O) groups is 1. The lowest BCUT2D eigenvalue weighted by molar-refractivity contribution is -0.132. The highest BCUT2D eigenvalue weighted by Crippen LogP contribution is 2.20. The summed E-state index contributed by atoms with van der Waals surface area (Å²) in [5, 5.41) is 12.4. The molecule has 0 unspecified atom stereocenters. The van der Waals surface area contributed by atoms with E-state index in [1.807, 2.05) is 56.3 Å². The van der Waals surface area contributed by atoms with Crippen LogP contribution in [0.25, 0.3) is 0 Å². The zero-order valence-electron chi connectivity index (χ0n) is 12.8. The van der Waals surface area contributed by atoms with Gasteiger partial charge < -0.3 is 16.2 Å². The van der Waals surface area contributed by atoms with Crippen molar-refractivity contribution in [2.45, 2.75) is 20.3 Å². The Bertz CT molecular complexity index is 683. The second-order valence-corrected chi connectivity index (χ2v) is 5.31. The largest absolute Gasteiger partial charge is 0.478 e. The van der Waals surface area contributed by atoms with Gasteiger partial charge in [0.1, 0.15) is 0 Å². The molecule has 0 aliphatic carbocycles. The molecule has 4 N–H and O–H groups in total. The van der Waals surface area contributed by atoms with E-state index in [1.54, 1.807) is 6.20 Å². The number of nitrogens with two attached hydrogens (primary N) is 1. The number of rotatable bonds is 5. The summed E-state index contributed by atoms with van der Waals surface area (Å²) in [6.07, 6.45) is 1.88. The molecular weight excluding hydrogens is 276 g/mol. The summed E-state index contributed by atoms with van der Waals surface area (Å²) in [5.41, 5.74) is 10.7. The van der Waals surface area contributed by atoms with Gasteiger partial charge in [-0.15, -0.1) is 0 Å². The molecule has 0 aliphatic rings. The van der Waals surface area contributed by atoms with E-state index in [2.05, 4.69) is 5.32 Å². The minimum absolute atomic E-state index is 0.299. The average molecular weight is 296 g/mol. The van der Waals surface area contributed by atoms with Gasteiger partial charge in [-0.2, -0.15) is 0 Å². The molecule has 0 fully saturated rings. The van der Waals surface area contributed by atoms with Crippen LogP contribution in [-0.4, -0.2) is 11.1 Å². The molecule has 0 aliphatic heterocycles. The first-order valence-electron chi connectivity index (χ1n) is 7.07. The second kappa shape index (κ2) is 6.80. The van der Waals surface area contributed by atoms with Gasteiger partial charge in [-0.3, -0.25) is 0 Å². The summed E-state index contributed by atoms with van der Waals surface area (Å²) in [7, 11) is 0. The van der Waals surface area contributed by atoms with Gasteiger partial charge in [0.05, 0.1) is 5.57 Å². The summed E-state index contributed by atoms with van der Waals surface area (Å²) in [5.74, 6) is -0.935. The Balaban J connectivity index is 2.21. The second-order valence-electron chi connectivity index (χ2n) is 5.31. The highest BCUT2D eigenvalue weighted by Gasteiger charge is 2.10. The SMILES string of the molecule is Cc1cc(CC(=CNc2ccccc2)C(=O)O)cc(C)c1N. The number of aryl methyl sites for hydroxylation is 2. The predicted octanol–water partition coefficient (Wildman–Crippen LogP) is 3.51. The van der Waals surface area contributed by atoms with E-state index in [1.165, 1.54) is 0 Å². The molecule has 0 atom stereocenters. The molecule has 0 saturated carbocycles. The molecule has 2 rings (SSSR count). The Morgan fingerprint density at radius 1 is 1.18 bits per heavy atom. The molecule has 0 aromatic heterocycles. The van der Waals surface area contributed by atoms with Gasteiger partial charge in [0.15, 0.2) is 0 Å². The maximum absolute atomic E-state index is 11.4. The van der Waals surface area contributed by atoms with Crippen molar-refractivity contribution >= 4 is 17.3 Å². The lowest BCUT2D eigenvalue weighted by atomic mass is 9.99. The first kappa shape index (κ1) is 15.6. The van der Waals surface area contributed by atoms with Gasteiger partial charge in [0.2, 0.25) is 0 Å². The standard InChI is InChI=1S/C18H20N2O2/c1-12-8-14(9-13(2)17(12)19)10-15(18(21)22)11-20-16-6-4-3-5-7-16/h3-9,11,20H,10,19H2,1-2H3,(H,21,22). The zero-order valence-corrected chi connectivity index (χ0v) is 12.8. The summed E-state index contributed by atoms with van der Waals surface area (Å²) < 4.78 is 0.